The fraction of sp³-hybridized carbons (Fsp3) is 0.647. The highest BCUT2D eigenvalue weighted by molar-refractivity contribution is 5.33. The molecule has 1 N–H and O–H groups in total. The maximum Gasteiger partial charge on any atom is 0.123 e. The molecular formula is C17H25NO2. The third-order valence-corrected chi connectivity index (χ3v) is 4.50. The van der Waals surface area contributed by atoms with E-state index >= 15 is 0 Å². The van der Waals surface area contributed by atoms with E-state index in [9.17, 15) is 5.11 Å². The van der Waals surface area contributed by atoms with Crippen LogP contribution in [-0.4, -0.2) is 36.3 Å². The van der Waals surface area contributed by atoms with Crippen molar-refractivity contribution in [2.24, 2.45) is 11.8 Å². The number of hydrogen-bond donors (Lipinski definition) is 1. The summed E-state index contributed by atoms with van der Waals surface area (Å²) in [7, 11) is 0. The van der Waals surface area contributed by atoms with Crippen LogP contribution in [0.3, 0.4) is 0 Å². The van der Waals surface area contributed by atoms with Gasteiger partial charge in [-0.15, -0.1) is 0 Å². The predicted molar refractivity (Wildman–Crippen MR) is 79.7 cm³/mol. The lowest BCUT2D eigenvalue weighted by Crippen LogP contribution is -2.34. The van der Waals surface area contributed by atoms with E-state index in [1.165, 1.54) is 18.4 Å². The summed E-state index contributed by atoms with van der Waals surface area (Å²) < 4.78 is 5.98. The van der Waals surface area contributed by atoms with Crippen molar-refractivity contribution in [3.63, 3.8) is 0 Å². The van der Waals surface area contributed by atoms with Crippen molar-refractivity contribution < 1.29 is 9.84 Å². The summed E-state index contributed by atoms with van der Waals surface area (Å²) in [4.78, 5) is 2.48. The molecule has 0 aromatic heterocycles. The second kappa shape index (κ2) is 6.59. The van der Waals surface area contributed by atoms with Gasteiger partial charge in [0.1, 0.15) is 5.75 Å². The number of piperidine rings is 1. The molecule has 1 aliphatic carbocycles. The van der Waals surface area contributed by atoms with Gasteiger partial charge < -0.3 is 9.84 Å². The van der Waals surface area contributed by atoms with Crippen molar-refractivity contribution in [1.82, 2.24) is 4.90 Å². The van der Waals surface area contributed by atoms with Crippen LogP contribution in [0.2, 0.25) is 0 Å². The van der Waals surface area contributed by atoms with Gasteiger partial charge in [-0.25, -0.2) is 0 Å². The van der Waals surface area contributed by atoms with Crippen molar-refractivity contribution in [3.8, 4) is 5.75 Å². The summed E-state index contributed by atoms with van der Waals surface area (Å²) in [5.41, 5.74) is 1.30. The summed E-state index contributed by atoms with van der Waals surface area (Å²) in [6.45, 7) is 4.36. The highest BCUT2D eigenvalue weighted by Gasteiger charge is 2.23. The van der Waals surface area contributed by atoms with Crippen molar-refractivity contribution in [2.75, 3.05) is 26.3 Å². The van der Waals surface area contributed by atoms with Gasteiger partial charge in [-0.3, -0.25) is 4.90 Å². The van der Waals surface area contributed by atoms with Crippen molar-refractivity contribution in [2.45, 2.75) is 32.2 Å². The third kappa shape index (κ3) is 3.74. The Kier molecular flexibility index (Phi) is 4.58. The van der Waals surface area contributed by atoms with Crippen LogP contribution in [0.5, 0.6) is 5.75 Å². The molecule has 2 aliphatic rings. The van der Waals surface area contributed by atoms with Crippen molar-refractivity contribution >= 4 is 0 Å². The van der Waals surface area contributed by atoms with Crippen LogP contribution in [-0.2, 0) is 6.54 Å². The van der Waals surface area contributed by atoms with E-state index in [4.69, 9.17) is 4.74 Å². The highest BCUT2D eigenvalue weighted by atomic mass is 16.5. The molecule has 1 saturated carbocycles. The fourth-order valence-corrected chi connectivity index (χ4v) is 2.84. The van der Waals surface area contributed by atoms with E-state index in [0.29, 0.717) is 12.5 Å². The molecule has 1 aromatic rings. The molecule has 3 rings (SSSR count). The molecule has 3 heteroatoms. The first-order valence-corrected chi connectivity index (χ1v) is 7.89. The van der Waals surface area contributed by atoms with Crippen molar-refractivity contribution in [3.05, 3.63) is 29.8 Å². The van der Waals surface area contributed by atoms with E-state index < -0.39 is 0 Å². The normalized spacial score (nSPS) is 21.1. The predicted octanol–water partition coefficient (Wildman–Crippen LogP) is 2.68. The summed E-state index contributed by atoms with van der Waals surface area (Å²) in [5.74, 6) is 2.36. The number of aliphatic hydroxyl groups excluding tert-OH is 1. The number of likely N-dealkylation sites (tertiary alicyclic amines) is 1. The van der Waals surface area contributed by atoms with Gasteiger partial charge in [0.2, 0.25) is 0 Å². The van der Waals surface area contributed by atoms with E-state index in [-0.39, 0.29) is 0 Å². The van der Waals surface area contributed by atoms with Gasteiger partial charge >= 0.3 is 0 Å². The van der Waals surface area contributed by atoms with Crippen LogP contribution in [0.25, 0.3) is 0 Å². The molecule has 1 aliphatic heterocycles. The minimum Gasteiger partial charge on any atom is -0.493 e. The fourth-order valence-electron chi connectivity index (χ4n) is 2.84. The number of benzene rings is 1. The lowest BCUT2D eigenvalue weighted by atomic mass is 9.97. The van der Waals surface area contributed by atoms with Gasteiger partial charge in [0.25, 0.3) is 0 Å². The summed E-state index contributed by atoms with van der Waals surface area (Å²) in [6, 6.07) is 8.43. The second-order valence-corrected chi connectivity index (χ2v) is 6.26. The molecule has 0 unspecified atom stereocenters. The van der Waals surface area contributed by atoms with Gasteiger partial charge in [0, 0.05) is 18.7 Å². The molecule has 20 heavy (non-hydrogen) atoms. The molecule has 1 heterocycles. The van der Waals surface area contributed by atoms with Gasteiger partial charge in [-0.2, -0.15) is 0 Å². The second-order valence-electron chi connectivity index (χ2n) is 6.26. The first-order chi connectivity index (χ1) is 9.85. The smallest absolute Gasteiger partial charge is 0.123 e. The lowest BCUT2D eigenvalue weighted by Gasteiger charge is -2.31. The zero-order valence-corrected chi connectivity index (χ0v) is 12.1. The largest absolute Gasteiger partial charge is 0.493 e. The third-order valence-electron chi connectivity index (χ3n) is 4.50. The Hall–Kier alpha value is -1.06. The van der Waals surface area contributed by atoms with Crippen LogP contribution in [0.4, 0.5) is 0 Å². The summed E-state index contributed by atoms with van der Waals surface area (Å²) in [5, 5.41) is 9.20. The SMILES string of the molecule is OCC1CCN(Cc2ccccc2OCC2CC2)CC1. The Morgan fingerprint density at radius 3 is 2.50 bits per heavy atom. The monoisotopic (exact) mass is 275 g/mol. The molecule has 0 atom stereocenters. The van der Waals surface area contributed by atoms with Crippen LogP contribution in [0.15, 0.2) is 24.3 Å². The molecule has 110 valence electrons. The maximum atomic E-state index is 9.20. The Balaban J connectivity index is 1.56. The Morgan fingerprint density at radius 1 is 1.05 bits per heavy atom. The average molecular weight is 275 g/mol. The summed E-state index contributed by atoms with van der Waals surface area (Å²) >= 11 is 0. The number of nitrogens with zero attached hydrogens (tertiary/aromatic N) is 1. The van der Waals surface area contributed by atoms with Crippen LogP contribution in [0.1, 0.15) is 31.2 Å². The average Bonchev–Trinajstić information content (AvgIpc) is 3.31. The molecular weight excluding hydrogens is 250 g/mol. The summed E-state index contributed by atoms with van der Waals surface area (Å²) in [6.07, 6.45) is 4.89. The first-order valence-electron chi connectivity index (χ1n) is 7.89. The number of hydrogen-bond acceptors (Lipinski definition) is 3. The Labute approximate surface area is 121 Å². The standard InChI is InChI=1S/C17H25NO2/c19-12-14-7-9-18(10-8-14)11-16-3-1-2-4-17(16)20-13-15-5-6-15/h1-4,14-15,19H,5-13H2. The first kappa shape index (κ1) is 13.9. The van der Waals surface area contributed by atoms with Gasteiger partial charge in [-0.05, 0) is 56.7 Å². The lowest BCUT2D eigenvalue weighted by molar-refractivity contribution is 0.126. The Bertz CT molecular complexity index is 423. The molecule has 1 saturated heterocycles. The number of aliphatic hydroxyl groups is 1. The molecule has 1 aromatic carbocycles. The maximum absolute atomic E-state index is 9.20. The van der Waals surface area contributed by atoms with Crippen LogP contribution >= 0.6 is 0 Å². The van der Waals surface area contributed by atoms with Gasteiger partial charge in [-0.1, -0.05) is 18.2 Å². The quantitative estimate of drug-likeness (QED) is 0.866. The van der Waals surface area contributed by atoms with E-state index in [0.717, 1.165) is 50.8 Å². The number of rotatable bonds is 6. The van der Waals surface area contributed by atoms with Crippen LogP contribution < -0.4 is 4.74 Å². The van der Waals surface area contributed by atoms with Gasteiger partial charge in [0.15, 0.2) is 0 Å². The van der Waals surface area contributed by atoms with Crippen LogP contribution in [0, 0.1) is 11.8 Å². The van der Waals surface area contributed by atoms with Gasteiger partial charge in [0.05, 0.1) is 6.61 Å². The van der Waals surface area contributed by atoms with E-state index in [1.807, 2.05) is 0 Å². The molecule has 3 nitrogen and oxygen atoms in total. The molecule has 2 fully saturated rings. The molecule has 0 amide bonds. The topological polar surface area (TPSA) is 32.7 Å². The van der Waals surface area contributed by atoms with E-state index in [1.54, 1.807) is 0 Å². The Morgan fingerprint density at radius 2 is 1.80 bits per heavy atom. The zero-order chi connectivity index (χ0) is 13.8. The molecule has 0 spiro atoms. The van der Waals surface area contributed by atoms with Crippen molar-refractivity contribution in [1.29, 1.82) is 0 Å². The highest BCUT2D eigenvalue weighted by Crippen LogP contribution is 2.31. The zero-order valence-electron chi connectivity index (χ0n) is 12.1. The number of ether oxygens (including phenoxy) is 1. The minimum atomic E-state index is 0.342. The molecule has 0 bridgehead atoms. The van der Waals surface area contributed by atoms with E-state index in [2.05, 4.69) is 29.2 Å². The molecule has 0 radical (unpaired) electrons. The minimum absolute atomic E-state index is 0.342. The number of para-hydroxylation sites is 1.